The molecule has 2 aromatic rings. The number of hydrogen-bond acceptors (Lipinski definition) is 3. The van der Waals surface area contributed by atoms with E-state index in [-0.39, 0.29) is 5.91 Å². The lowest BCUT2D eigenvalue weighted by Gasteiger charge is -2.09. The third kappa shape index (κ3) is 3.53. The van der Waals surface area contributed by atoms with E-state index in [0.29, 0.717) is 10.6 Å². The van der Waals surface area contributed by atoms with Gasteiger partial charge >= 0.3 is 0 Å². The van der Waals surface area contributed by atoms with Crippen LogP contribution in [0.2, 0.25) is 0 Å². The Bertz CT molecular complexity index is 627. The van der Waals surface area contributed by atoms with Crippen molar-refractivity contribution >= 4 is 22.4 Å². The lowest BCUT2D eigenvalue weighted by molar-refractivity contribution is -0.117. The quantitative estimate of drug-likeness (QED) is 0.905. The molecule has 3 N–H and O–H groups in total. The van der Waals surface area contributed by atoms with E-state index in [1.54, 1.807) is 31.2 Å². The van der Waals surface area contributed by atoms with Crippen molar-refractivity contribution in [3.63, 3.8) is 0 Å². The van der Waals surface area contributed by atoms with Gasteiger partial charge in [0.15, 0.2) is 0 Å². The van der Waals surface area contributed by atoms with Crippen molar-refractivity contribution in [3.8, 4) is 0 Å². The Balaban J connectivity index is 2.22. The highest BCUT2D eigenvalue weighted by atomic mass is 32.2. The highest BCUT2D eigenvalue weighted by molar-refractivity contribution is 7.85. The molecule has 0 aliphatic rings. The molecular weight excluding hydrogens is 272 g/mol. The second kappa shape index (κ2) is 6.45. The average molecular weight is 288 g/mol. The van der Waals surface area contributed by atoms with Crippen LogP contribution < -0.4 is 11.1 Å². The van der Waals surface area contributed by atoms with Gasteiger partial charge in [0.1, 0.15) is 0 Å². The van der Waals surface area contributed by atoms with Crippen LogP contribution in [-0.2, 0) is 15.6 Å². The third-order valence-electron chi connectivity index (χ3n) is 2.69. The Hall–Kier alpha value is -1.98. The fourth-order valence-electron chi connectivity index (χ4n) is 1.63. The Labute approximate surface area is 120 Å². The van der Waals surface area contributed by atoms with Gasteiger partial charge in [-0.3, -0.25) is 4.79 Å². The van der Waals surface area contributed by atoms with Crippen molar-refractivity contribution in [2.75, 3.05) is 5.32 Å². The van der Waals surface area contributed by atoms with Crippen molar-refractivity contribution < 1.29 is 9.00 Å². The summed E-state index contributed by atoms with van der Waals surface area (Å²) >= 11 is 0. The number of carbonyl (C=O) groups excluding carboxylic acids is 1. The summed E-state index contributed by atoms with van der Waals surface area (Å²) in [5.74, 6) is -0.271. The first kappa shape index (κ1) is 14.4. The molecule has 0 saturated heterocycles. The molecule has 0 aliphatic carbocycles. The zero-order chi connectivity index (χ0) is 14.5. The van der Waals surface area contributed by atoms with Crippen LogP contribution in [0.4, 0.5) is 5.69 Å². The second-order valence-corrected chi connectivity index (χ2v) is 5.87. The molecule has 0 aromatic heterocycles. The van der Waals surface area contributed by atoms with Crippen molar-refractivity contribution in [2.24, 2.45) is 5.73 Å². The maximum absolute atomic E-state index is 12.4. The van der Waals surface area contributed by atoms with Gasteiger partial charge in [-0.05, 0) is 37.3 Å². The van der Waals surface area contributed by atoms with Gasteiger partial charge in [0.2, 0.25) is 5.91 Å². The summed E-state index contributed by atoms with van der Waals surface area (Å²) in [5.41, 5.74) is 6.09. The first-order valence-corrected chi connectivity index (χ1v) is 7.36. The number of anilines is 1. The molecule has 5 heteroatoms. The molecule has 0 spiro atoms. The molecule has 0 fully saturated rings. The van der Waals surface area contributed by atoms with Crippen LogP contribution in [0, 0.1) is 0 Å². The summed E-state index contributed by atoms with van der Waals surface area (Å²) in [4.78, 5) is 12.9. The van der Waals surface area contributed by atoms with Crippen LogP contribution in [0.15, 0.2) is 64.4 Å². The maximum atomic E-state index is 12.4. The molecule has 104 valence electrons. The van der Waals surface area contributed by atoms with Gasteiger partial charge in [-0.15, -0.1) is 0 Å². The Morgan fingerprint density at radius 3 is 2.40 bits per heavy atom. The molecule has 0 radical (unpaired) electrons. The predicted molar refractivity (Wildman–Crippen MR) is 79.8 cm³/mol. The van der Waals surface area contributed by atoms with Gasteiger partial charge in [0.25, 0.3) is 0 Å². The van der Waals surface area contributed by atoms with Crippen molar-refractivity contribution in [2.45, 2.75) is 22.8 Å². The van der Waals surface area contributed by atoms with E-state index in [0.717, 1.165) is 4.90 Å². The minimum Gasteiger partial charge on any atom is -0.325 e. The standard InChI is InChI=1S/C15H16N2O2S/c1-11(16)15(18)17-12-6-5-9-14(10-12)20(19)13-7-3-2-4-8-13/h2-11H,16H2,1H3,(H,17,18). The fourth-order valence-corrected chi connectivity index (χ4v) is 2.74. The van der Waals surface area contributed by atoms with Gasteiger partial charge in [0, 0.05) is 15.5 Å². The summed E-state index contributed by atoms with van der Waals surface area (Å²) in [5, 5.41) is 2.69. The van der Waals surface area contributed by atoms with Gasteiger partial charge in [-0.25, -0.2) is 4.21 Å². The summed E-state index contributed by atoms with van der Waals surface area (Å²) in [6.45, 7) is 1.61. The van der Waals surface area contributed by atoms with Crippen molar-refractivity contribution in [1.29, 1.82) is 0 Å². The molecule has 0 heterocycles. The number of carbonyl (C=O) groups is 1. The fraction of sp³-hybridized carbons (Fsp3) is 0.133. The summed E-state index contributed by atoms with van der Waals surface area (Å²) in [6.07, 6.45) is 0. The SMILES string of the molecule is CC(N)C(=O)Nc1cccc(S(=O)c2ccccc2)c1. The second-order valence-electron chi connectivity index (χ2n) is 4.39. The molecule has 4 nitrogen and oxygen atoms in total. The Kier molecular flexibility index (Phi) is 4.65. The van der Waals surface area contributed by atoms with E-state index in [2.05, 4.69) is 5.32 Å². The molecule has 2 aromatic carbocycles. The lowest BCUT2D eigenvalue weighted by atomic mass is 10.3. The zero-order valence-corrected chi connectivity index (χ0v) is 11.9. The summed E-state index contributed by atoms with van der Waals surface area (Å²) in [6, 6.07) is 15.6. The van der Waals surface area contributed by atoms with E-state index in [1.807, 2.05) is 30.3 Å². The molecule has 2 unspecified atom stereocenters. The van der Waals surface area contributed by atoms with Crippen LogP contribution in [0.1, 0.15) is 6.92 Å². The number of benzene rings is 2. The Morgan fingerprint density at radius 1 is 1.10 bits per heavy atom. The maximum Gasteiger partial charge on any atom is 0.240 e. The summed E-state index contributed by atoms with van der Waals surface area (Å²) in [7, 11) is -1.27. The van der Waals surface area contributed by atoms with Crippen LogP contribution in [0.3, 0.4) is 0 Å². The molecule has 20 heavy (non-hydrogen) atoms. The number of nitrogens with two attached hydrogens (primary N) is 1. The number of nitrogens with one attached hydrogen (secondary N) is 1. The van der Waals surface area contributed by atoms with Gasteiger partial charge in [0.05, 0.1) is 16.8 Å². The minimum atomic E-state index is -1.27. The van der Waals surface area contributed by atoms with Crippen molar-refractivity contribution in [1.82, 2.24) is 0 Å². The van der Waals surface area contributed by atoms with Crippen LogP contribution in [-0.4, -0.2) is 16.2 Å². The van der Waals surface area contributed by atoms with E-state index in [1.165, 1.54) is 0 Å². The monoisotopic (exact) mass is 288 g/mol. The summed E-state index contributed by atoms with van der Waals surface area (Å²) < 4.78 is 12.4. The van der Waals surface area contributed by atoms with Crippen molar-refractivity contribution in [3.05, 3.63) is 54.6 Å². The van der Waals surface area contributed by atoms with E-state index in [9.17, 15) is 9.00 Å². The Morgan fingerprint density at radius 2 is 1.75 bits per heavy atom. The number of rotatable bonds is 4. The average Bonchev–Trinajstić information content (AvgIpc) is 2.47. The minimum absolute atomic E-state index is 0.271. The third-order valence-corrected chi connectivity index (χ3v) is 4.07. The van der Waals surface area contributed by atoms with Crippen LogP contribution >= 0.6 is 0 Å². The molecule has 0 bridgehead atoms. The van der Waals surface area contributed by atoms with Gasteiger partial charge < -0.3 is 11.1 Å². The molecule has 2 atom stereocenters. The lowest BCUT2D eigenvalue weighted by Crippen LogP contribution is -2.32. The highest BCUT2D eigenvalue weighted by Crippen LogP contribution is 2.19. The van der Waals surface area contributed by atoms with Gasteiger partial charge in [-0.2, -0.15) is 0 Å². The molecule has 2 rings (SSSR count). The van der Waals surface area contributed by atoms with Gasteiger partial charge in [-0.1, -0.05) is 24.3 Å². The molecular formula is C15H16N2O2S. The predicted octanol–water partition coefficient (Wildman–Crippen LogP) is 2.14. The first-order valence-electron chi connectivity index (χ1n) is 6.21. The van der Waals surface area contributed by atoms with E-state index < -0.39 is 16.8 Å². The van der Waals surface area contributed by atoms with E-state index in [4.69, 9.17) is 5.73 Å². The highest BCUT2D eigenvalue weighted by Gasteiger charge is 2.10. The smallest absolute Gasteiger partial charge is 0.240 e. The largest absolute Gasteiger partial charge is 0.325 e. The first-order chi connectivity index (χ1) is 9.58. The number of amides is 1. The molecule has 0 aliphatic heterocycles. The number of hydrogen-bond donors (Lipinski definition) is 2. The van der Waals surface area contributed by atoms with Crippen LogP contribution in [0.5, 0.6) is 0 Å². The molecule has 0 saturated carbocycles. The molecule has 1 amide bonds. The van der Waals surface area contributed by atoms with E-state index >= 15 is 0 Å². The zero-order valence-electron chi connectivity index (χ0n) is 11.1. The topological polar surface area (TPSA) is 72.2 Å². The van der Waals surface area contributed by atoms with Crippen LogP contribution in [0.25, 0.3) is 0 Å². The normalized spacial score (nSPS) is 13.5.